The number of furan rings is 1. The van der Waals surface area contributed by atoms with Crippen LogP contribution >= 0.6 is 0 Å². The van der Waals surface area contributed by atoms with E-state index in [0.29, 0.717) is 11.4 Å². The lowest BCUT2D eigenvalue weighted by atomic mass is 9.80. The van der Waals surface area contributed by atoms with Crippen molar-refractivity contribution in [3.8, 4) is 0 Å². The van der Waals surface area contributed by atoms with E-state index in [1.54, 1.807) is 13.8 Å². The van der Waals surface area contributed by atoms with Crippen molar-refractivity contribution in [2.24, 2.45) is 0 Å². The lowest BCUT2D eigenvalue weighted by molar-refractivity contribution is -0.384. The second-order valence-corrected chi connectivity index (χ2v) is 7.27. The van der Waals surface area contributed by atoms with E-state index in [0.717, 1.165) is 0 Å². The second-order valence-electron chi connectivity index (χ2n) is 7.27. The van der Waals surface area contributed by atoms with Crippen LogP contribution in [0.25, 0.3) is 0 Å². The van der Waals surface area contributed by atoms with Crippen molar-refractivity contribution >= 4 is 23.6 Å². The van der Waals surface area contributed by atoms with Crippen LogP contribution in [0.15, 0.2) is 69.6 Å². The number of nitrogens with one attached hydrogen (secondary N) is 1. The van der Waals surface area contributed by atoms with Crippen LogP contribution in [0.1, 0.15) is 35.9 Å². The number of hydrogen-bond acceptors (Lipinski definition) is 10. The van der Waals surface area contributed by atoms with E-state index in [1.807, 2.05) is 0 Å². The van der Waals surface area contributed by atoms with Crippen LogP contribution in [-0.2, 0) is 23.8 Å². The number of methoxy groups -OCH3 is 1. The van der Waals surface area contributed by atoms with E-state index in [4.69, 9.17) is 18.6 Å². The highest BCUT2D eigenvalue weighted by Gasteiger charge is 2.39. The third-order valence-electron chi connectivity index (χ3n) is 5.04. The Morgan fingerprint density at radius 1 is 1.03 bits per heavy atom. The standard InChI is InChI=1S/C23H22N2O9/c1-13-18(22(27)33-11-10-31-3)20(15-6-4-7-16(12-15)25(29)30)19(14(2)24-13)23(28)34-21(26)17-8-5-9-32-17/h4-9,12,20,24H,10-11H2,1-3H3. The van der Waals surface area contributed by atoms with Gasteiger partial charge in [-0.15, -0.1) is 0 Å². The second kappa shape index (κ2) is 10.6. The van der Waals surface area contributed by atoms with Gasteiger partial charge in [-0.1, -0.05) is 12.1 Å². The van der Waals surface area contributed by atoms with Crippen LogP contribution < -0.4 is 5.32 Å². The minimum atomic E-state index is -1.10. The highest BCUT2D eigenvalue weighted by atomic mass is 16.6. The monoisotopic (exact) mass is 470 g/mol. The molecule has 178 valence electrons. The number of ether oxygens (including phenoxy) is 3. The van der Waals surface area contributed by atoms with Crippen LogP contribution in [0.4, 0.5) is 5.69 Å². The van der Waals surface area contributed by atoms with E-state index >= 15 is 0 Å². The molecule has 0 saturated heterocycles. The number of nitrogens with zero attached hydrogens (tertiary/aromatic N) is 1. The van der Waals surface area contributed by atoms with Gasteiger partial charge in [-0.25, -0.2) is 14.4 Å². The largest absolute Gasteiger partial charge is 0.460 e. The molecule has 0 fully saturated rings. The lowest BCUT2D eigenvalue weighted by Gasteiger charge is -2.30. The molecule has 2 heterocycles. The molecule has 0 bridgehead atoms. The first kappa shape index (κ1) is 24.4. The summed E-state index contributed by atoms with van der Waals surface area (Å²) in [5.41, 5.74) is 0.678. The van der Waals surface area contributed by atoms with Gasteiger partial charge in [0.05, 0.1) is 34.9 Å². The first-order valence-corrected chi connectivity index (χ1v) is 10.1. The number of dihydropyridines is 1. The molecule has 11 heteroatoms. The average Bonchev–Trinajstić information content (AvgIpc) is 3.33. The number of hydrogen-bond donors (Lipinski definition) is 1. The fourth-order valence-electron chi connectivity index (χ4n) is 3.57. The first-order chi connectivity index (χ1) is 16.2. The number of carbonyl (C=O) groups excluding carboxylic acids is 3. The Kier molecular flexibility index (Phi) is 7.59. The van der Waals surface area contributed by atoms with Gasteiger partial charge >= 0.3 is 17.9 Å². The molecule has 1 N–H and O–H groups in total. The maximum Gasteiger partial charge on any atom is 0.382 e. The summed E-state index contributed by atoms with van der Waals surface area (Å²) in [4.78, 5) is 49.2. The molecule has 34 heavy (non-hydrogen) atoms. The molecule has 1 aliphatic heterocycles. The number of nitro benzene ring substituents is 1. The van der Waals surface area contributed by atoms with Crippen LogP contribution in [0, 0.1) is 10.1 Å². The Balaban J connectivity index is 2.06. The van der Waals surface area contributed by atoms with Crippen molar-refractivity contribution < 1.29 is 37.9 Å². The molecule has 1 unspecified atom stereocenters. The zero-order chi connectivity index (χ0) is 24.8. The summed E-state index contributed by atoms with van der Waals surface area (Å²) >= 11 is 0. The zero-order valence-electron chi connectivity index (χ0n) is 18.7. The summed E-state index contributed by atoms with van der Waals surface area (Å²) in [5.74, 6) is -4.11. The van der Waals surface area contributed by atoms with Gasteiger partial charge in [0, 0.05) is 30.6 Å². The molecule has 0 saturated carbocycles. The topological polar surface area (TPSA) is 147 Å². The number of non-ortho nitro benzene ring substituents is 1. The van der Waals surface area contributed by atoms with Crippen LogP contribution in [0.5, 0.6) is 0 Å². The molecule has 3 rings (SSSR count). The Morgan fingerprint density at radius 3 is 2.35 bits per heavy atom. The fourth-order valence-corrected chi connectivity index (χ4v) is 3.57. The Labute approximate surface area is 194 Å². The van der Waals surface area contributed by atoms with Gasteiger partial charge < -0.3 is 23.9 Å². The number of esters is 3. The highest BCUT2D eigenvalue weighted by Crippen LogP contribution is 2.40. The number of nitro groups is 1. The van der Waals surface area contributed by atoms with Crippen LogP contribution in [-0.4, -0.2) is 43.2 Å². The highest BCUT2D eigenvalue weighted by molar-refractivity contribution is 6.05. The third kappa shape index (κ3) is 5.21. The van der Waals surface area contributed by atoms with Crippen LogP contribution in [0.2, 0.25) is 0 Å². The molecular formula is C23H22N2O9. The molecule has 11 nitrogen and oxygen atoms in total. The molecule has 1 aliphatic rings. The molecular weight excluding hydrogens is 448 g/mol. The third-order valence-corrected chi connectivity index (χ3v) is 5.04. The molecule has 1 aromatic heterocycles. The lowest BCUT2D eigenvalue weighted by Crippen LogP contribution is -2.33. The van der Waals surface area contributed by atoms with Gasteiger partial charge in [0.1, 0.15) is 6.61 Å². The first-order valence-electron chi connectivity index (χ1n) is 10.1. The maximum absolute atomic E-state index is 13.1. The molecule has 1 aromatic carbocycles. The summed E-state index contributed by atoms with van der Waals surface area (Å²) in [6, 6.07) is 8.29. The molecule has 0 aliphatic carbocycles. The van der Waals surface area contributed by atoms with Crippen molar-refractivity contribution in [3.63, 3.8) is 0 Å². The normalized spacial score (nSPS) is 15.6. The van der Waals surface area contributed by atoms with Gasteiger partial charge in [0.25, 0.3) is 5.69 Å². The summed E-state index contributed by atoms with van der Waals surface area (Å²) in [6.45, 7) is 3.27. The van der Waals surface area contributed by atoms with Crippen molar-refractivity contribution in [3.05, 3.63) is 86.6 Å². The number of allylic oxidation sites excluding steroid dienone is 2. The zero-order valence-corrected chi connectivity index (χ0v) is 18.7. The summed E-state index contributed by atoms with van der Waals surface area (Å²) in [6.07, 6.45) is 1.25. The smallest absolute Gasteiger partial charge is 0.382 e. The number of benzene rings is 1. The van der Waals surface area contributed by atoms with E-state index in [9.17, 15) is 24.5 Å². The van der Waals surface area contributed by atoms with Crippen LogP contribution in [0.3, 0.4) is 0 Å². The molecule has 0 spiro atoms. The van der Waals surface area contributed by atoms with E-state index in [1.165, 1.54) is 49.8 Å². The van der Waals surface area contributed by atoms with E-state index < -0.39 is 28.7 Å². The molecule has 1 atom stereocenters. The van der Waals surface area contributed by atoms with Gasteiger partial charge in [0.15, 0.2) is 0 Å². The van der Waals surface area contributed by atoms with Crippen molar-refractivity contribution in [2.75, 3.05) is 20.3 Å². The quantitative estimate of drug-likeness (QED) is 0.201. The maximum atomic E-state index is 13.1. The van der Waals surface area contributed by atoms with Crippen molar-refractivity contribution in [1.29, 1.82) is 0 Å². The van der Waals surface area contributed by atoms with Gasteiger partial charge in [0.2, 0.25) is 5.76 Å². The number of carbonyl (C=O) groups is 3. The minimum absolute atomic E-state index is 0.0413. The predicted octanol–water partition coefficient (Wildman–Crippen LogP) is 3.00. The average molecular weight is 470 g/mol. The van der Waals surface area contributed by atoms with E-state index in [2.05, 4.69) is 5.32 Å². The van der Waals surface area contributed by atoms with Gasteiger partial charge in [-0.3, -0.25) is 10.1 Å². The van der Waals surface area contributed by atoms with Crippen molar-refractivity contribution in [1.82, 2.24) is 5.32 Å². The van der Waals surface area contributed by atoms with E-state index in [-0.39, 0.29) is 41.4 Å². The fraction of sp³-hybridized carbons (Fsp3) is 0.261. The predicted molar refractivity (Wildman–Crippen MR) is 116 cm³/mol. The summed E-state index contributed by atoms with van der Waals surface area (Å²) in [5, 5.41) is 14.3. The molecule has 0 radical (unpaired) electrons. The molecule has 0 amide bonds. The van der Waals surface area contributed by atoms with Gasteiger partial charge in [-0.2, -0.15) is 0 Å². The molecule has 2 aromatic rings. The Morgan fingerprint density at radius 2 is 1.74 bits per heavy atom. The Hall–Kier alpha value is -4.25. The Bertz CT molecular complexity index is 1180. The van der Waals surface area contributed by atoms with Crippen molar-refractivity contribution in [2.45, 2.75) is 19.8 Å². The van der Waals surface area contributed by atoms with Gasteiger partial charge in [-0.05, 0) is 31.5 Å². The minimum Gasteiger partial charge on any atom is -0.460 e. The summed E-state index contributed by atoms with van der Waals surface area (Å²) in [7, 11) is 1.45. The summed E-state index contributed by atoms with van der Waals surface area (Å²) < 4.78 is 20.1. The SMILES string of the molecule is COCCOC(=O)C1=C(C)NC(C)=C(C(=O)OC(=O)c2ccco2)C1c1cccc([N+](=O)[O-])c1. The number of rotatable bonds is 8.